The standard InChI is InChI=1S/C32H54N2O22/c1-9-17(33-11(3)37)28(55-29-24(46)22(44)19(41)10(2)52-29)26(15(7-36)51-9)54-30-25(47)23(45)21(43)16(53-30)8-50-32(31(48)49)5-13(39)18(34-12(4)38)27(56-32)20(42)14(40)6-35/h9-10,13-30,35-36,39-47H,5-8H2,1-4H3,(H,33,37)(H,34,38)(H,48,49)/t9-,10?,13+,14+,15?,16?,17?,18+,19+,20+,21-,22-,23-,24?,25?,26+,27?,28+,29-,30-,32+/m0/s1. The molecule has 0 radical (unpaired) electrons. The van der Waals surface area contributed by atoms with E-state index in [1.165, 1.54) is 20.8 Å². The van der Waals surface area contributed by atoms with Gasteiger partial charge >= 0.3 is 5.97 Å². The van der Waals surface area contributed by atoms with Crippen LogP contribution in [0.15, 0.2) is 0 Å². The number of hydrogen-bond donors (Lipinski definition) is 14. The maximum Gasteiger partial charge on any atom is 0.364 e. The Hall–Kier alpha value is -2.31. The van der Waals surface area contributed by atoms with E-state index >= 15 is 0 Å². The van der Waals surface area contributed by atoms with E-state index in [4.69, 9.17) is 33.2 Å². The molecule has 324 valence electrons. The van der Waals surface area contributed by atoms with Crippen molar-refractivity contribution in [2.24, 2.45) is 0 Å². The molecular weight excluding hydrogens is 764 g/mol. The molecule has 0 bridgehead atoms. The van der Waals surface area contributed by atoms with E-state index in [1.807, 2.05) is 0 Å². The highest BCUT2D eigenvalue weighted by Crippen LogP contribution is 2.36. The van der Waals surface area contributed by atoms with Gasteiger partial charge in [0.1, 0.15) is 79.4 Å². The number of aliphatic hydroxyl groups is 11. The summed E-state index contributed by atoms with van der Waals surface area (Å²) in [5.41, 5.74) is 0. The number of amides is 2. The number of aliphatic hydroxyl groups excluding tert-OH is 11. The van der Waals surface area contributed by atoms with Crippen LogP contribution in [0.2, 0.25) is 0 Å². The van der Waals surface area contributed by atoms with Gasteiger partial charge < -0.3 is 105 Å². The Balaban J connectivity index is 1.61. The van der Waals surface area contributed by atoms with Crippen molar-refractivity contribution in [3.63, 3.8) is 0 Å². The number of carbonyl (C=O) groups is 3. The fourth-order valence-electron chi connectivity index (χ4n) is 7.13. The van der Waals surface area contributed by atoms with Gasteiger partial charge in [-0.2, -0.15) is 0 Å². The molecule has 4 rings (SSSR count). The molecule has 14 N–H and O–H groups in total. The largest absolute Gasteiger partial charge is 0.477 e. The van der Waals surface area contributed by atoms with Crippen molar-refractivity contribution in [2.75, 3.05) is 19.8 Å². The minimum Gasteiger partial charge on any atom is -0.477 e. The quantitative estimate of drug-likeness (QED) is 0.0774. The van der Waals surface area contributed by atoms with E-state index in [0.717, 1.165) is 6.92 Å². The highest BCUT2D eigenvalue weighted by Gasteiger charge is 2.58. The molecule has 4 aliphatic heterocycles. The molecule has 0 saturated carbocycles. The summed E-state index contributed by atoms with van der Waals surface area (Å²) in [7, 11) is 0. The summed E-state index contributed by atoms with van der Waals surface area (Å²) in [4.78, 5) is 36.8. The topological polar surface area (TPSA) is 383 Å². The number of carboxylic acids is 1. The Morgan fingerprint density at radius 3 is 1.84 bits per heavy atom. The fourth-order valence-corrected chi connectivity index (χ4v) is 7.13. The number of rotatable bonds is 14. The predicted molar refractivity (Wildman–Crippen MR) is 176 cm³/mol. The molecule has 4 heterocycles. The van der Waals surface area contributed by atoms with Gasteiger partial charge in [0.15, 0.2) is 12.6 Å². The molecule has 24 nitrogen and oxygen atoms in total. The van der Waals surface area contributed by atoms with Gasteiger partial charge in [-0.05, 0) is 13.8 Å². The maximum absolute atomic E-state index is 12.6. The van der Waals surface area contributed by atoms with Crippen molar-refractivity contribution in [1.29, 1.82) is 0 Å². The Bertz CT molecular complexity index is 1330. The first-order chi connectivity index (χ1) is 26.2. The fraction of sp³-hybridized carbons (Fsp3) is 0.906. The van der Waals surface area contributed by atoms with Gasteiger partial charge in [-0.25, -0.2) is 4.79 Å². The molecule has 2 amide bonds. The van der Waals surface area contributed by atoms with Gasteiger partial charge in [0, 0.05) is 20.3 Å². The third kappa shape index (κ3) is 9.92. The van der Waals surface area contributed by atoms with Gasteiger partial charge in [-0.1, -0.05) is 0 Å². The van der Waals surface area contributed by atoms with E-state index in [2.05, 4.69) is 10.6 Å². The van der Waals surface area contributed by atoms with Gasteiger partial charge in [-0.3, -0.25) is 9.59 Å². The number of nitrogens with one attached hydrogen (secondary N) is 2. The lowest BCUT2D eigenvalue weighted by atomic mass is 9.88. The van der Waals surface area contributed by atoms with Gasteiger partial charge in [0.05, 0.1) is 50.2 Å². The van der Waals surface area contributed by atoms with Crippen molar-refractivity contribution in [2.45, 2.75) is 162 Å². The summed E-state index contributed by atoms with van der Waals surface area (Å²) in [6, 6.07) is -2.66. The second-order valence-electron chi connectivity index (χ2n) is 14.4. The monoisotopic (exact) mass is 818 g/mol. The smallest absolute Gasteiger partial charge is 0.364 e. The van der Waals surface area contributed by atoms with Gasteiger partial charge in [0.2, 0.25) is 11.8 Å². The number of aliphatic carboxylic acids is 1. The summed E-state index contributed by atoms with van der Waals surface area (Å²) in [6.07, 6.45) is -31.8. The summed E-state index contributed by atoms with van der Waals surface area (Å²) in [5, 5.41) is 131. The first-order valence-electron chi connectivity index (χ1n) is 17.9. The van der Waals surface area contributed by atoms with Crippen LogP contribution >= 0.6 is 0 Å². The molecule has 0 aromatic carbocycles. The maximum atomic E-state index is 12.6. The van der Waals surface area contributed by atoms with E-state index in [9.17, 15) is 75.7 Å². The third-order valence-corrected chi connectivity index (χ3v) is 10.2. The SMILES string of the molecule is CC(=O)NC1[C@H](C)OC(CO)[C@@H](O[C@@H]2OC(CO[C@]3(C(=O)O)C[C@@H](O)[C@@H](NC(C)=O)C([C@H](O)[C@H](O)CO)O3)[C@H](O)[C@H](O)C2O)[C@@H]1O[C@@H]1OC(C)[C@@H](O)[C@H](O)C1O. The summed E-state index contributed by atoms with van der Waals surface area (Å²) in [5.74, 6) is -6.11. The average molecular weight is 819 g/mol. The van der Waals surface area contributed by atoms with E-state index in [0.29, 0.717) is 0 Å². The van der Waals surface area contributed by atoms with Gasteiger partial charge in [0.25, 0.3) is 5.79 Å². The zero-order chi connectivity index (χ0) is 42.0. The Morgan fingerprint density at radius 2 is 1.29 bits per heavy atom. The van der Waals surface area contributed by atoms with Crippen LogP contribution in [-0.2, 0) is 47.5 Å². The Morgan fingerprint density at radius 1 is 0.732 bits per heavy atom. The molecule has 7 unspecified atom stereocenters. The predicted octanol–water partition coefficient (Wildman–Crippen LogP) is -8.16. The molecule has 4 saturated heterocycles. The Labute approximate surface area is 319 Å². The van der Waals surface area contributed by atoms with Crippen molar-refractivity contribution in [3.05, 3.63) is 0 Å². The molecular formula is C32H54N2O22. The normalized spacial score (nSPS) is 45.7. The van der Waals surface area contributed by atoms with Crippen LogP contribution in [0.4, 0.5) is 0 Å². The minimum atomic E-state index is -2.88. The molecule has 0 aliphatic carbocycles. The number of hydrogen-bond acceptors (Lipinski definition) is 21. The van der Waals surface area contributed by atoms with Gasteiger partial charge in [-0.15, -0.1) is 0 Å². The van der Waals surface area contributed by atoms with Crippen LogP contribution in [0, 0.1) is 0 Å². The zero-order valence-corrected chi connectivity index (χ0v) is 30.8. The van der Waals surface area contributed by atoms with Crippen molar-refractivity contribution >= 4 is 17.8 Å². The van der Waals surface area contributed by atoms with Crippen LogP contribution in [0.3, 0.4) is 0 Å². The van der Waals surface area contributed by atoms with E-state index in [1.54, 1.807) is 0 Å². The second-order valence-corrected chi connectivity index (χ2v) is 14.4. The molecule has 56 heavy (non-hydrogen) atoms. The summed E-state index contributed by atoms with van der Waals surface area (Å²) in [6.45, 7) is 2.28. The van der Waals surface area contributed by atoms with Crippen LogP contribution < -0.4 is 10.6 Å². The highest BCUT2D eigenvalue weighted by molar-refractivity contribution is 5.76. The number of ether oxygens (including phenoxy) is 7. The molecule has 4 aliphatic rings. The molecule has 21 atom stereocenters. The molecule has 24 heteroatoms. The lowest BCUT2D eigenvalue weighted by Gasteiger charge is -2.50. The van der Waals surface area contributed by atoms with Crippen LogP contribution in [-0.4, -0.2) is 227 Å². The van der Waals surface area contributed by atoms with E-state index in [-0.39, 0.29) is 0 Å². The lowest BCUT2D eigenvalue weighted by Crippen LogP contribution is -2.69. The molecule has 4 fully saturated rings. The van der Waals surface area contributed by atoms with Crippen molar-refractivity contribution in [3.8, 4) is 0 Å². The number of carboxylic acid groups (broad SMARTS) is 1. The first kappa shape index (κ1) is 46.4. The van der Waals surface area contributed by atoms with Crippen LogP contribution in [0.5, 0.6) is 0 Å². The van der Waals surface area contributed by atoms with E-state index < -0.39 is 172 Å². The Kier molecular flexibility index (Phi) is 15.9. The summed E-state index contributed by atoms with van der Waals surface area (Å²) >= 11 is 0. The number of carbonyl (C=O) groups excluding carboxylic acids is 2. The first-order valence-corrected chi connectivity index (χ1v) is 17.9. The molecule has 0 aromatic rings. The van der Waals surface area contributed by atoms with Crippen molar-refractivity contribution < 1.29 is 109 Å². The van der Waals surface area contributed by atoms with Crippen LogP contribution in [0.25, 0.3) is 0 Å². The van der Waals surface area contributed by atoms with Crippen LogP contribution in [0.1, 0.15) is 34.1 Å². The van der Waals surface area contributed by atoms with Crippen molar-refractivity contribution in [1.82, 2.24) is 10.6 Å². The third-order valence-electron chi connectivity index (χ3n) is 10.2. The molecule has 0 spiro atoms. The highest BCUT2D eigenvalue weighted by atomic mass is 16.8. The minimum absolute atomic E-state index is 0.592. The zero-order valence-electron chi connectivity index (χ0n) is 30.8. The second kappa shape index (κ2) is 19.2. The summed E-state index contributed by atoms with van der Waals surface area (Å²) < 4.78 is 40.4. The lowest BCUT2D eigenvalue weighted by molar-refractivity contribution is -0.367. The average Bonchev–Trinajstić information content (AvgIpc) is 3.14. The molecule has 0 aromatic heterocycles.